The van der Waals surface area contributed by atoms with Crippen molar-refractivity contribution in [1.82, 2.24) is 4.90 Å². The number of methoxy groups -OCH3 is 2. The van der Waals surface area contributed by atoms with E-state index in [-0.39, 0.29) is 19.6 Å². The molecule has 8 heteroatoms. The summed E-state index contributed by atoms with van der Waals surface area (Å²) in [5.74, 6) is -0.445. The number of carbonyl (C=O) groups is 1. The Morgan fingerprint density at radius 2 is 1.89 bits per heavy atom. The molecule has 1 fully saturated rings. The van der Waals surface area contributed by atoms with Gasteiger partial charge in [0.2, 0.25) is 0 Å². The predicted molar refractivity (Wildman–Crippen MR) is 140 cm³/mol. The minimum Gasteiger partial charge on any atom is -0.444 e. The Balaban J connectivity index is 2.07. The number of hydrogen-bond acceptors (Lipinski definition) is 6. The monoisotopic (exact) mass is 517 g/mol. The minimum atomic E-state index is -1.66. The van der Waals surface area contributed by atoms with Crippen molar-refractivity contribution in [3.8, 4) is 11.1 Å². The van der Waals surface area contributed by atoms with Crippen molar-refractivity contribution in [1.29, 1.82) is 0 Å². The van der Waals surface area contributed by atoms with Gasteiger partial charge in [0.1, 0.15) is 23.1 Å². The zero-order valence-electron chi connectivity index (χ0n) is 22.8. The summed E-state index contributed by atoms with van der Waals surface area (Å²) in [6.45, 7) is 8.07. The molecular formula is C29H40FNO6. The molecular weight excluding hydrogens is 477 g/mol. The highest BCUT2D eigenvalue weighted by molar-refractivity contribution is 5.71. The molecule has 0 bridgehead atoms. The van der Waals surface area contributed by atoms with Gasteiger partial charge >= 0.3 is 6.09 Å². The third kappa shape index (κ3) is 7.08. The summed E-state index contributed by atoms with van der Waals surface area (Å²) in [5.41, 5.74) is 0.105. The molecule has 1 aliphatic heterocycles. The van der Waals surface area contributed by atoms with Crippen LogP contribution in [0.4, 0.5) is 9.18 Å². The van der Waals surface area contributed by atoms with Gasteiger partial charge in [-0.1, -0.05) is 43.3 Å². The van der Waals surface area contributed by atoms with E-state index in [0.717, 1.165) is 12.0 Å². The molecule has 1 saturated heterocycles. The first kappa shape index (κ1) is 29.0. The fraction of sp³-hybridized carbons (Fsp3) is 0.552. The zero-order valence-corrected chi connectivity index (χ0v) is 22.8. The second kappa shape index (κ2) is 12.3. The van der Waals surface area contributed by atoms with E-state index < -0.39 is 35.5 Å². The molecule has 2 aromatic rings. The van der Waals surface area contributed by atoms with Crippen LogP contribution >= 0.6 is 0 Å². The first-order chi connectivity index (χ1) is 17.5. The van der Waals surface area contributed by atoms with E-state index in [9.17, 15) is 9.90 Å². The van der Waals surface area contributed by atoms with Gasteiger partial charge in [0.05, 0.1) is 13.2 Å². The Bertz CT molecular complexity index is 1050. The van der Waals surface area contributed by atoms with Crippen molar-refractivity contribution in [3.05, 3.63) is 59.4 Å². The third-order valence-electron chi connectivity index (χ3n) is 6.64. The molecule has 0 aromatic heterocycles. The Morgan fingerprint density at radius 1 is 1.19 bits per heavy atom. The molecule has 0 aliphatic carbocycles. The molecule has 2 unspecified atom stereocenters. The van der Waals surface area contributed by atoms with Crippen LogP contribution in [0.25, 0.3) is 11.1 Å². The number of benzene rings is 2. The quantitative estimate of drug-likeness (QED) is 0.456. The van der Waals surface area contributed by atoms with Gasteiger partial charge in [0.25, 0.3) is 0 Å². The number of morpholine rings is 1. The standard InChI is InChI=1S/C29H40FNO6/c1-7-20-10-8-11-21(18-20)26-22(12-9-13-23(26)30)29(33,15-14-25(34-5)35-6)24-19-31(16-17-36-24)27(32)37-28(2,3)4/h8-13,18,24-25,33H,7,14-17,19H2,1-6H3. The second-order valence-corrected chi connectivity index (χ2v) is 10.4. The Labute approximate surface area is 219 Å². The van der Waals surface area contributed by atoms with Crippen LogP contribution in [0, 0.1) is 5.82 Å². The van der Waals surface area contributed by atoms with Gasteiger partial charge in [-0.05, 0) is 56.4 Å². The van der Waals surface area contributed by atoms with Crippen LogP contribution in [0.1, 0.15) is 51.7 Å². The molecule has 37 heavy (non-hydrogen) atoms. The topological polar surface area (TPSA) is 77.5 Å². The summed E-state index contributed by atoms with van der Waals surface area (Å²) in [6, 6.07) is 12.3. The van der Waals surface area contributed by atoms with Crippen molar-refractivity contribution in [2.24, 2.45) is 0 Å². The highest BCUT2D eigenvalue weighted by Crippen LogP contribution is 2.41. The van der Waals surface area contributed by atoms with Crippen LogP contribution in [0.3, 0.4) is 0 Å². The summed E-state index contributed by atoms with van der Waals surface area (Å²) >= 11 is 0. The summed E-state index contributed by atoms with van der Waals surface area (Å²) in [5, 5.41) is 12.4. The molecule has 3 rings (SSSR count). The van der Waals surface area contributed by atoms with Crippen LogP contribution < -0.4 is 0 Å². The van der Waals surface area contributed by atoms with Crippen LogP contribution in [-0.4, -0.2) is 68.0 Å². The van der Waals surface area contributed by atoms with Crippen LogP contribution in [0.2, 0.25) is 0 Å². The van der Waals surface area contributed by atoms with E-state index >= 15 is 4.39 Å². The maximum atomic E-state index is 15.5. The molecule has 204 valence electrons. The van der Waals surface area contributed by atoms with Gasteiger partial charge in [-0.15, -0.1) is 0 Å². The van der Waals surface area contributed by atoms with Crippen molar-refractivity contribution >= 4 is 6.09 Å². The fourth-order valence-corrected chi connectivity index (χ4v) is 4.69. The van der Waals surface area contributed by atoms with E-state index in [1.165, 1.54) is 25.2 Å². The normalized spacial score (nSPS) is 18.1. The van der Waals surface area contributed by atoms with E-state index in [1.807, 2.05) is 31.2 Å². The number of aryl methyl sites for hydroxylation is 1. The highest BCUT2D eigenvalue weighted by atomic mass is 19.1. The largest absolute Gasteiger partial charge is 0.444 e. The molecule has 0 saturated carbocycles. The summed E-state index contributed by atoms with van der Waals surface area (Å²) in [7, 11) is 3.05. The number of halogens is 1. The van der Waals surface area contributed by atoms with Gasteiger partial charge in [-0.25, -0.2) is 9.18 Å². The number of nitrogens with zero attached hydrogens (tertiary/aromatic N) is 1. The first-order valence-electron chi connectivity index (χ1n) is 12.8. The zero-order chi connectivity index (χ0) is 27.2. The third-order valence-corrected chi connectivity index (χ3v) is 6.64. The predicted octanol–water partition coefficient (Wildman–Crippen LogP) is 5.28. The van der Waals surface area contributed by atoms with Gasteiger partial charge in [0, 0.05) is 32.7 Å². The number of amides is 1. The lowest BCUT2D eigenvalue weighted by Crippen LogP contribution is -2.55. The van der Waals surface area contributed by atoms with E-state index in [1.54, 1.807) is 32.9 Å². The first-order valence-corrected chi connectivity index (χ1v) is 12.8. The van der Waals surface area contributed by atoms with E-state index in [0.29, 0.717) is 29.7 Å². The lowest BCUT2D eigenvalue weighted by atomic mass is 9.79. The van der Waals surface area contributed by atoms with Gasteiger partial charge < -0.3 is 29.0 Å². The average Bonchev–Trinajstić information content (AvgIpc) is 2.88. The van der Waals surface area contributed by atoms with Crippen molar-refractivity contribution in [2.45, 2.75) is 70.6 Å². The molecule has 1 N–H and O–H groups in total. The minimum absolute atomic E-state index is 0.0843. The lowest BCUT2D eigenvalue weighted by Gasteiger charge is -2.43. The summed E-state index contributed by atoms with van der Waals surface area (Å²) in [6.07, 6.45) is -0.626. The van der Waals surface area contributed by atoms with E-state index in [4.69, 9.17) is 18.9 Å². The molecule has 7 nitrogen and oxygen atoms in total. The van der Waals surface area contributed by atoms with Gasteiger partial charge in [-0.2, -0.15) is 0 Å². The van der Waals surface area contributed by atoms with Crippen molar-refractivity contribution in [3.63, 3.8) is 0 Å². The smallest absolute Gasteiger partial charge is 0.410 e. The average molecular weight is 518 g/mol. The molecule has 1 heterocycles. The van der Waals surface area contributed by atoms with Crippen LogP contribution in [0.15, 0.2) is 42.5 Å². The number of ether oxygens (including phenoxy) is 4. The molecule has 2 aromatic carbocycles. The Morgan fingerprint density at radius 3 is 2.54 bits per heavy atom. The van der Waals surface area contributed by atoms with Gasteiger partial charge in [-0.3, -0.25) is 0 Å². The number of aliphatic hydroxyl groups is 1. The number of rotatable bonds is 9. The molecule has 1 aliphatic rings. The maximum Gasteiger partial charge on any atom is 0.410 e. The second-order valence-electron chi connectivity index (χ2n) is 10.4. The number of carbonyl (C=O) groups excluding carboxylic acids is 1. The van der Waals surface area contributed by atoms with Crippen molar-refractivity contribution in [2.75, 3.05) is 33.9 Å². The molecule has 2 atom stereocenters. The number of hydrogen-bond donors (Lipinski definition) is 1. The SMILES string of the molecule is CCc1cccc(-c2c(F)cccc2C(O)(CCC(OC)OC)C2CN(C(=O)OC(C)(C)C)CCO2)c1. The van der Waals surface area contributed by atoms with Crippen LogP contribution in [-0.2, 0) is 31.0 Å². The van der Waals surface area contributed by atoms with Gasteiger partial charge in [0.15, 0.2) is 6.29 Å². The molecule has 0 radical (unpaired) electrons. The van der Waals surface area contributed by atoms with Crippen molar-refractivity contribution < 1.29 is 33.2 Å². The Hall–Kier alpha value is -2.52. The fourth-order valence-electron chi connectivity index (χ4n) is 4.69. The summed E-state index contributed by atoms with van der Waals surface area (Å²) in [4.78, 5) is 14.4. The summed E-state index contributed by atoms with van der Waals surface area (Å²) < 4.78 is 37.9. The van der Waals surface area contributed by atoms with Crippen LogP contribution in [0.5, 0.6) is 0 Å². The highest BCUT2D eigenvalue weighted by Gasteiger charge is 2.45. The Kier molecular flexibility index (Phi) is 9.69. The van der Waals surface area contributed by atoms with E-state index in [2.05, 4.69) is 0 Å². The molecule has 1 amide bonds. The molecule has 0 spiro atoms. The maximum absolute atomic E-state index is 15.5. The lowest BCUT2D eigenvalue weighted by molar-refractivity contribution is -0.165.